The number of carbonyl (C=O) groups excluding carboxylic acids is 3. The smallest absolute Gasteiger partial charge is 0.325 e. The van der Waals surface area contributed by atoms with E-state index < -0.39 is 23.3 Å². The number of imide groups is 1. The zero-order valence-electron chi connectivity index (χ0n) is 18.2. The molecule has 0 radical (unpaired) electrons. The summed E-state index contributed by atoms with van der Waals surface area (Å²) < 4.78 is 13.4. The number of hydrogen-bond donors (Lipinski definition) is 1. The van der Waals surface area contributed by atoms with Crippen LogP contribution in [0.4, 0.5) is 9.18 Å². The number of amides is 4. The Hall–Kier alpha value is -3.22. The number of hydrogen-bond acceptors (Lipinski definition) is 3. The lowest BCUT2D eigenvalue weighted by molar-refractivity contribution is -0.139. The van der Waals surface area contributed by atoms with Gasteiger partial charge in [0.25, 0.3) is 5.91 Å². The lowest BCUT2D eigenvalue weighted by Crippen LogP contribution is -2.45. The second-order valence-electron chi connectivity index (χ2n) is 8.01. The number of aryl methyl sites for hydroxylation is 1. The SMILES string of the molecule is CCCC[C@@]1(c2ccc(F)cc2)NC(=O)N(CC(=O)N(C)Cc2ccccc2C)C1=O. The maximum absolute atomic E-state index is 13.4. The normalized spacial score (nSPS) is 18.3. The molecule has 0 spiro atoms. The van der Waals surface area contributed by atoms with E-state index >= 15 is 0 Å². The molecule has 1 saturated heterocycles. The van der Waals surface area contributed by atoms with Crippen LogP contribution in [-0.4, -0.2) is 41.2 Å². The largest absolute Gasteiger partial charge is 0.340 e. The number of benzene rings is 2. The van der Waals surface area contributed by atoms with E-state index in [9.17, 15) is 18.8 Å². The molecule has 1 aliphatic heterocycles. The molecule has 4 amide bonds. The minimum atomic E-state index is -1.28. The van der Waals surface area contributed by atoms with Gasteiger partial charge in [-0.25, -0.2) is 9.18 Å². The first kappa shape index (κ1) is 22.5. The van der Waals surface area contributed by atoms with Crippen molar-refractivity contribution in [2.75, 3.05) is 13.6 Å². The predicted molar refractivity (Wildman–Crippen MR) is 116 cm³/mol. The molecule has 1 fully saturated rings. The summed E-state index contributed by atoms with van der Waals surface area (Å²) >= 11 is 0. The first-order chi connectivity index (χ1) is 14.8. The van der Waals surface area contributed by atoms with E-state index in [4.69, 9.17) is 0 Å². The third-order valence-corrected chi connectivity index (χ3v) is 5.81. The van der Waals surface area contributed by atoms with E-state index in [1.165, 1.54) is 29.2 Å². The van der Waals surface area contributed by atoms with Gasteiger partial charge in [-0.05, 0) is 42.2 Å². The maximum Gasteiger partial charge on any atom is 0.325 e. The standard InChI is InChI=1S/C24H28FN3O3/c1-4-5-14-24(19-10-12-20(25)13-11-19)22(30)28(23(31)26-24)16-21(29)27(3)15-18-9-7-6-8-17(18)2/h6-13H,4-5,14-16H2,1-3H3,(H,26,31)/t24-/m0/s1. The zero-order valence-corrected chi connectivity index (χ0v) is 18.2. The van der Waals surface area contributed by atoms with Crippen LogP contribution in [0.15, 0.2) is 48.5 Å². The van der Waals surface area contributed by atoms with E-state index in [1.54, 1.807) is 7.05 Å². The van der Waals surface area contributed by atoms with Crippen molar-refractivity contribution in [1.82, 2.24) is 15.1 Å². The Kier molecular flexibility index (Phi) is 6.73. The highest BCUT2D eigenvalue weighted by Crippen LogP contribution is 2.34. The molecule has 1 aliphatic rings. The van der Waals surface area contributed by atoms with Crippen LogP contribution in [0.25, 0.3) is 0 Å². The summed E-state index contributed by atoms with van der Waals surface area (Å²) in [7, 11) is 1.65. The number of nitrogens with one attached hydrogen (secondary N) is 1. The zero-order chi connectivity index (χ0) is 22.6. The van der Waals surface area contributed by atoms with Gasteiger partial charge in [0.05, 0.1) is 0 Å². The number of nitrogens with zero attached hydrogens (tertiary/aromatic N) is 2. The van der Waals surface area contributed by atoms with Crippen molar-refractivity contribution in [3.63, 3.8) is 0 Å². The third kappa shape index (κ3) is 4.60. The monoisotopic (exact) mass is 425 g/mol. The fourth-order valence-corrected chi connectivity index (χ4v) is 3.84. The molecular formula is C24H28FN3O3. The first-order valence-electron chi connectivity index (χ1n) is 10.5. The Morgan fingerprint density at radius 2 is 1.81 bits per heavy atom. The average molecular weight is 426 g/mol. The van der Waals surface area contributed by atoms with Gasteiger partial charge in [-0.15, -0.1) is 0 Å². The lowest BCUT2D eigenvalue weighted by atomic mass is 9.85. The van der Waals surface area contributed by atoms with Crippen molar-refractivity contribution in [2.45, 2.75) is 45.2 Å². The quantitative estimate of drug-likeness (QED) is 0.655. The van der Waals surface area contributed by atoms with Crippen LogP contribution in [0, 0.1) is 12.7 Å². The van der Waals surface area contributed by atoms with Crippen LogP contribution < -0.4 is 5.32 Å². The van der Waals surface area contributed by atoms with Crippen molar-refractivity contribution in [3.8, 4) is 0 Å². The summed E-state index contributed by atoms with van der Waals surface area (Å²) in [6.07, 6.45) is 1.89. The van der Waals surface area contributed by atoms with Gasteiger partial charge in [-0.3, -0.25) is 14.5 Å². The van der Waals surface area contributed by atoms with E-state index in [-0.39, 0.29) is 12.5 Å². The van der Waals surface area contributed by atoms with Gasteiger partial charge >= 0.3 is 6.03 Å². The summed E-state index contributed by atoms with van der Waals surface area (Å²) in [5.74, 6) is -1.23. The number of carbonyl (C=O) groups is 3. The molecule has 1 atom stereocenters. The van der Waals surface area contributed by atoms with Gasteiger partial charge in [0.15, 0.2) is 0 Å². The lowest BCUT2D eigenvalue weighted by Gasteiger charge is -2.27. The molecule has 1 heterocycles. The van der Waals surface area contributed by atoms with Crippen LogP contribution in [-0.2, 0) is 21.7 Å². The number of urea groups is 1. The molecule has 1 N–H and O–H groups in total. The van der Waals surface area contributed by atoms with Gasteiger partial charge in [0.1, 0.15) is 17.9 Å². The third-order valence-electron chi connectivity index (χ3n) is 5.81. The molecule has 0 aliphatic carbocycles. The van der Waals surface area contributed by atoms with Gasteiger partial charge in [0.2, 0.25) is 5.91 Å². The second-order valence-corrected chi connectivity index (χ2v) is 8.01. The van der Waals surface area contributed by atoms with Gasteiger partial charge in [0, 0.05) is 13.6 Å². The van der Waals surface area contributed by atoms with E-state index in [2.05, 4.69) is 5.32 Å². The highest BCUT2D eigenvalue weighted by molar-refractivity contribution is 6.09. The fourth-order valence-electron chi connectivity index (χ4n) is 3.84. The molecule has 164 valence electrons. The molecule has 0 saturated carbocycles. The summed E-state index contributed by atoms with van der Waals surface area (Å²) in [5, 5.41) is 2.79. The van der Waals surface area contributed by atoms with Crippen LogP contribution in [0.5, 0.6) is 0 Å². The highest BCUT2D eigenvalue weighted by atomic mass is 19.1. The van der Waals surface area contributed by atoms with Crippen molar-refractivity contribution in [2.24, 2.45) is 0 Å². The summed E-state index contributed by atoms with van der Waals surface area (Å²) in [6.45, 7) is 3.99. The van der Waals surface area contributed by atoms with Gasteiger partial charge in [-0.1, -0.05) is 56.2 Å². The Morgan fingerprint density at radius 3 is 2.45 bits per heavy atom. The van der Waals surface area contributed by atoms with E-state index in [0.29, 0.717) is 24.9 Å². The fraction of sp³-hybridized carbons (Fsp3) is 0.375. The van der Waals surface area contributed by atoms with Gasteiger partial charge < -0.3 is 10.2 Å². The van der Waals surface area contributed by atoms with Crippen molar-refractivity contribution in [3.05, 3.63) is 71.0 Å². The van der Waals surface area contributed by atoms with Crippen molar-refractivity contribution in [1.29, 1.82) is 0 Å². The molecule has 6 nitrogen and oxygen atoms in total. The van der Waals surface area contributed by atoms with Crippen molar-refractivity contribution < 1.29 is 18.8 Å². The number of halogens is 1. The minimum absolute atomic E-state index is 0.336. The molecule has 0 bridgehead atoms. The minimum Gasteiger partial charge on any atom is -0.340 e. The van der Waals surface area contributed by atoms with Gasteiger partial charge in [-0.2, -0.15) is 0 Å². The second kappa shape index (κ2) is 9.29. The Balaban J connectivity index is 1.79. The molecule has 0 aromatic heterocycles. The Bertz CT molecular complexity index is 976. The summed E-state index contributed by atoms with van der Waals surface area (Å²) in [6, 6.07) is 12.7. The number of likely N-dealkylation sites (N-methyl/N-ethyl adjacent to an activating group) is 1. The molecule has 2 aromatic rings. The van der Waals surface area contributed by atoms with Crippen LogP contribution in [0.1, 0.15) is 42.9 Å². The van der Waals surface area contributed by atoms with Crippen LogP contribution >= 0.6 is 0 Å². The van der Waals surface area contributed by atoms with E-state index in [0.717, 1.165) is 22.4 Å². The van der Waals surface area contributed by atoms with E-state index in [1.807, 2.05) is 38.1 Å². The molecular weight excluding hydrogens is 397 g/mol. The molecule has 7 heteroatoms. The summed E-state index contributed by atoms with van der Waals surface area (Å²) in [5.41, 5.74) is 1.30. The predicted octanol–water partition coefficient (Wildman–Crippen LogP) is 3.73. The molecule has 31 heavy (non-hydrogen) atoms. The molecule has 2 aromatic carbocycles. The average Bonchev–Trinajstić information content (AvgIpc) is 2.99. The Morgan fingerprint density at radius 1 is 1.13 bits per heavy atom. The maximum atomic E-state index is 13.4. The van der Waals surface area contributed by atoms with Crippen LogP contribution in [0.3, 0.4) is 0 Å². The topological polar surface area (TPSA) is 69.7 Å². The summed E-state index contributed by atoms with van der Waals surface area (Å²) in [4.78, 5) is 41.4. The van der Waals surface area contributed by atoms with Crippen LogP contribution in [0.2, 0.25) is 0 Å². The first-order valence-corrected chi connectivity index (χ1v) is 10.5. The molecule has 0 unspecified atom stereocenters. The highest BCUT2D eigenvalue weighted by Gasteiger charge is 2.52. The number of unbranched alkanes of at least 4 members (excludes halogenated alkanes) is 1. The molecule has 3 rings (SSSR count). The Labute approximate surface area is 182 Å². The van der Waals surface area contributed by atoms with Crippen molar-refractivity contribution >= 4 is 17.8 Å². The number of rotatable bonds is 8.